The van der Waals surface area contributed by atoms with Crippen molar-refractivity contribution in [1.29, 1.82) is 0 Å². The van der Waals surface area contributed by atoms with Crippen LogP contribution in [0.2, 0.25) is 0 Å². The van der Waals surface area contributed by atoms with Crippen molar-refractivity contribution in [3.05, 3.63) is 28.5 Å². The van der Waals surface area contributed by atoms with Crippen LogP contribution in [0.5, 0.6) is 0 Å². The first-order chi connectivity index (χ1) is 8.09. The van der Waals surface area contributed by atoms with E-state index in [4.69, 9.17) is 5.11 Å². The molecule has 0 aromatic carbocycles. The minimum atomic E-state index is -0.833. The number of rotatable bonds is 6. The normalized spacial score (nSPS) is 10.6. The molecule has 1 aromatic rings. The molecule has 0 saturated heterocycles. The Kier molecular flexibility index (Phi) is 5.42. The fraction of sp³-hybridized carbons (Fsp3) is 0.333. The average Bonchev–Trinajstić information content (AvgIpc) is 2.78. The molecule has 1 rings (SSSR count). The quantitative estimate of drug-likeness (QED) is 0.790. The molecular formula is C12H15NO3S. The molecule has 1 aromatic heterocycles. The lowest BCUT2D eigenvalue weighted by Crippen LogP contribution is -2.26. The van der Waals surface area contributed by atoms with Crippen molar-refractivity contribution in [2.75, 3.05) is 13.6 Å². The SMILES string of the molecule is CN(CCCC(=O)O)C(=O)/C=C/c1cccs1. The molecule has 92 valence electrons. The Labute approximate surface area is 104 Å². The zero-order valence-corrected chi connectivity index (χ0v) is 10.4. The highest BCUT2D eigenvalue weighted by Gasteiger charge is 2.05. The van der Waals surface area contributed by atoms with Crippen LogP contribution in [-0.2, 0) is 9.59 Å². The van der Waals surface area contributed by atoms with Gasteiger partial charge in [0.15, 0.2) is 0 Å². The van der Waals surface area contributed by atoms with Crippen LogP contribution in [-0.4, -0.2) is 35.5 Å². The predicted octanol–water partition coefficient (Wildman–Crippen LogP) is 2.08. The first-order valence-corrected chi connectivity index (χ1v) is 6.16. The Balaban J connectivity index is 2.34. The van der Waals surface area contributed by atoms with Crippen molar-refractivity contribution in [2.45, 2.75) is 12.8 Å². The van der Waals surface area contributed by atoms with Crippen molar-refractivity contribution < 1.29 is 14.7 Å². The molecule has 0 bridgehead atoms. The van der Waals surface area contributed by atoms with Gasteiger partial charge in [-0.1, -0.05) is 6.07 Å². The van der Waals surface area contributed by atoms with Crippen molar-refractivity contribution in [2.24, 2.45) is 0 Å². The Bertz CT molecular complexity index is 398. The minimum Gasteiger partial charge on any atom is -0.481 e. The molecule has 0 saturated carbocycles. The topological polar surface area (TPSA) is 57.6 Å². The maximum absolute atomic E-state index is 11.6. The van der Waals surface area contributed by atoms with E-state index in [0.29, 0.717) is 13.0 Å². The monoisotopic (exact) mass is 253 g/mol. The summed E-state index contributed by atoms with van der Waals surface area (Å²) in [6.07, 6.45) is 3.84. The van der Waals surface area contributed by atoms with E-state index in [0.717, 1.165) is 4.88 Å². The molecule has 0 spiro atoms. The number of carboxylic acid groups (broad SMARTS) is 1. The van der Waals surface area contributed by atoms with Gasteiger partial charge in [-0.15, -0.1) is 11.3 Å². The summed E-state index contributed by atoms with van der Waals surface area (Å²) in [6.45, 7) is 0.458. The van der Waals surface area contributed by atoms with Gasteiger partial charge in [-0.2, -0.15) is 0 Å². The molecule has 0 fully saturated rings. The Hall–Kier alpha value is -1.62. The minimum absolute atomic E-state index is 0.0895. The molecule has 0 aliphatic heterocycles. The molecule has 1 amide bonds. The molecule has 17 heavy (non-hydrogen) atoms. The summed E-state index contributed by atoms with van der Waals surface area (Å²) in [6, 6.07) is 3.85. The number of likely N-dealkylation sites (N-methyl/N-ethyl adjacent to an activating group) is 1. The van der Waals surface area contributed by atoms with Gasteiger partial charge in [-0.25, -0.2) is 0 Å². The summed E-state index contributed by atoms with van der Waals surface area (Å²) >= 11 is 1.56. The second kappa shape index (κ2) is 6.85. The van der Waals surface area contributed by atoms with E-state index < -0.39 is 5.97 Å². The van der Waals surface area contributed by atoms with Gasteiger partial charge in [0.2, 0.25) is 5.91 Å². The Morgan fingerprint density at radius 3 is 2.88 bits per heavy atom. The zero-order chi connectivity index (χ0) is 12.7. The largest absolute Gasteiger partial charge is 0.481 e. The van der Waals surface area contributed by atoms with Crippen molar-refractivity contribution in [3.8, 4) is 0 Å². The smallest absolute Gasteiger partial charge is 0.303 e. The lowest BCUT2D eigenvalue weighted by Gasteiger charge is -2.13. The third kappa shape index (κ3) is 5.31. The first kappa shape index (κ1) is 13.4. The van der Waals surface area contributed by atoms with Crippen LogP contribution in [0.3, 0.4) is 0 Å². The highest BCUT2D eigenvalue weighted by atomic mass is 32.1. The van der Waals surface area contributed by atoms with Crippen LogP contribution >= 0.6 is 11.3 Å². The second-order valence-corrected chi connectivity index (χ2v) is 4.59. The average molecular weight is 253 g/mol. The van der Waals surface area contributed by atoms with Crippen molar-refractivity contribution in [3.63, 3.8) is 0 Å². The van der Waals surface area contributed by atoms with Gasteiger partial charge in [0.05, 0.1) is 0 Å². The lowest BCUT2D eigenvalue weighted by molar-refractivity contribution is -0.137. The fourth-order valence-corrected chi connectivity index (χ4v) is 1.86. The van der Waals surface area contributed by atoms with E-state index in [2.05, 4.69) is 0 Å². The van der Waals surface area contributed by atoms with E-state index in [1.54, 1.807) is 24.5 Å². The van der Waals surface area contributed by atoms with Crippen molar-refractivity contribution in [1.82, 2.24) is 4.90 Å². The standard InChI is InChI=1S/C12H15NO3S/c1-13(8-2-5-12(15)16)11(14)7-6-10-4-3-9-17-10/h3-4,6-7,9H,2,5,8H2,1H3,(H,15,16)/b7-6+. The molecule has 0 aliphatic rings. The van der Waals surface area contributed by atoms with Crippen LogP contribution in [0.4, 0.5) is 0 Å². The molecule has 0 radical (unpaired) electrons. The number of aliphatic carboxylic acids is 1. The van der Waals surface area contributed by atoms with Gasteiger partial charge < -0.3 is 10.0 Å². The van der Waals surface area contributed by atoms with E-state index in [1.165, 1.54) is 11.0 Å². The van der Waals surface area contributed by atoms with Crippen LogP contribution < -0.4 is 0 Å². The summed E-state index contributed by atoms with van der Waals surface area (Å²) in [5.74, 6) is -0.941. The molecule has 4 nitrogen and oxygen atoms in total. The van der Waals surface area contributed by atoms with Crippen LogP contribution in [0, 0.1) is 0 Å². The molecule has 0 atom stereocenters. The number of carbonyl (C=O) groups is 2. The van der Waals surface area contributed by atoms with E-state index in [-0.39, 0.29) is 12.3 Å². The molecule has 5 heteroatoms. The molecule has 0 aliphatic carbocycles. The number of amides is 1. The zero-order valence-electron chi connectivity index (χ0n) is 9.63. The van der Waals surface area contributed by atoms with Crippen LogP contribution in [0.1, 0.15) is 17.7 Å². The summed E-state index contributed by atoms with van der Waals surface area (Å²) in [7, 11) is 1.67. The Morgan fingerprint density at radius 1 is 1.53 bits per heavy atom. The number of hydrogen-bond donors (Lipinski definition) is 1. The third-order valence-electron chi connectivity index (χ3n) is 2.19. The summed E-state index contributed by atoms with van der Waals surface area (Å²) < 4.78 is 0. The molecule has 1 N–H and O–H groups in total. The number of hydrogen-bond acceptors (Lipinski definition) is 3. The molecule has 1 heterocycles. The number of carbonyl (C=O) groups excluding carboxylic acids is 1. The predicted molar refractivity (Wildman–Crippen MR) is 67.9 cm³/mol. The maximum atomic E-state index is 11.6. The third-order valence-corrected chi connectivity index (χ3v) is 3.03. The van der Waals surface area contributed by atoms with Gasteiger partial charge in [-0.3, -0.25) is 9.59 Å². The van der Waals surface area contributed by atoms with Crippen LogP contribution in [0.25, 0.3) is 6.08 Å². The Morgan fingerprint density at radius 2 is 2.29 bits per heavy atom. The maximum Gasteiger partial charge on any atom is 0.303 e. The highest BCUT2D eigenvalue weighted by Crippen LogP contribution is 2.10. The van der Waals surface area contributed by atoms with Gasteiger partial charge in [0.25, 0.3) is 0 Å². The fourth-order valence-electron chi connectivity index (χ4n) is 1.24. The number of nitrogens with zero attached hydrogens (tertiary/aromatic N) is 1. The summed E-state index contributed by atoms with van der Waals surface area (Å²) in [5.41, 5.74) is 0. The van der Waals surface area contributed by atoms with Gasteiger partial charge >= 0.3 is 5.97 Å². The van der Waals surface area contributed by atoms with E-state index in [9.17, 15) is 9.59 Å². The van der Waals surface area contributed by atoms with Gasteiger partial charge in [0.1, 0.15) is 0 Å². The number of carboxylic acids is 1. The van der Waals surface area contributed by atoms with Crippen molar-refractivity contribution >= 4 is 29.3 Å². The van der Waals surface area contributed by atoms with Crippen LogP contribution in [0.15, 0.2) is 23.6 Å². The second-order valence-electron chi connectivity index (χ2n) is 3.61. The molecular weight excluding hydrogens is 238 g/mol. The summed E-state index contributed by atoms with van der Waals surface area (Å²) in [4.78, 5) is 24.5. The molecule has 0 unspecified atom stereocenters. The summed E-state index contributed by atoms with van der Waals surface area (Å²) in [5, 5.41) is 10.4. The van der Waals surface area contributed by atoms with E-state index >= 15 is 0 Å². The number of thiophene rings is 1. The first-order valence-electron chi connectivity index (χ1n) is 5.28. The lowest BCUT2D eigenvalue weighted by atomic mass is 10.3. The highest BCUT2D eigenvalue weighted by molar-refractivity contribution is 7.10. The van der Waals surface area contributed by atoms with E-state index in [1.807, 2.05) is 17.5 Å². The van der Waals surface area contributed by atoms with Gasteiger partial charge in [0, 0.05) is 31.0 Å². The van der Waals surface area contributed by atoms with Gasteiger partial charge in [-0.05, 0) is 23.9 Å².